The van der Waals surface area contributed by atoms with Crippen molar-refractivity contribution in [1.82, 2.24) is 0 Å². The first-order valence-corrected chi connectivity index (χ1v) is 7.07. The van der Waals surface area contributed by atoms with Gasteiger partial charge in [-0.1, -0.05) is 66.7 Å². The van der Waals surface area contributed by atoms with Crippen LogP contribution < -0.4 is 0 Å². The normalized spacial score (nSPS) is 9.82. The van der Waals surface area contributed by atoms with Gasteiger partial charge in [-0.3, -0.25) is 0 Å². The molecule has 0 aromatic carbocycles. The summed E-state index contributed by atoms with van der Waals surface area (Å²) < 4.78 is 0. The lowest BCUT2D eigenvalue weighted by atomic mass is 10.9. The van der Waals surface area contributed by atoms with Gasteiger partial charge in [-0.15, -0.1) is 0 Å². The van der Waals surface area contributed by atoms with Crippen LogP contribution in [0.2, 0.25) is 24.2 Å². The second-order valence-electron chi connectivity index (χ2n) is 2.91. The average Bonchev–Trinajstić information content (AvgIpc) is 1.95. The monoisotopic (exact) mass is 176 g/mol. The van der Waals surface area contributed by atoms with Gasteiger partial charge in [0.15, 0.2) is 0 Å². The lowest BCUT2D eigenvalue weighted by Gasteiger charge is -2.25. The largest absolute Gasteiger partial charge is 0.0776 e. The predicted octanol–water partition coefficient (Wildman–Crippen LogP) is 4.79. The van der Waals surface area contributed by atoms with E-state index in [1.54, 1.807) is 0 Å². The highest BCUT2D eigenvalue weighted by Crippen LogP contribution is 2.23. The minimum atomic E-state index is -0.691. The molecular formula is C10H28Si. The van der Waals surface area contributed by atoms with E-state index in [4.69, 9.17) is 0 Å². The Kier molecular flexibility index (Phi) is 13.1. The molecule has 0 radical (unpaired) electrons. The minimum Gasteiger partial charge on any atom is -0.0776 e. The van der Waals surface area contributed by atoms with Gasteiger partial charge >= 0.3 is 0 Å². The van der Waals surface area contributed by atoms with Gasteiger partial charge in [-0.2, -0.15) is 0 Å². The highest BCUT2D eigenvalue weighted by Gasteiger charge is 2.23. The van der Waals surface area contributed by atoms with Crippen molar-refractivity contribution in [3.05, 3.63) is 0 Å². The van der Waals surface area contributed by atoms with Crippen molar-refractivity contribution >= 4 is 8.07 Å². The summed E-state index contributed by atoms with van der Waals surface area (Å²) >= 11 is 0. The molecule has 0 nitrogen and oxygen atoms in total. The van der Waals surface area contributed by atoms with E-state index in [1.165, 1.54) is 24.2 Å². The molecule has 0 saturated heterocycles. The fraction of sp³-hybridized carbons (Fsp3) is 1.00. The number of hydrogen-bond acceptors (Lipinski definition) is 0. The summed E-state index contributed by atoms with van der Waals surface area (Å²) in [5.74, 6) is 0. The molecule has 0 bridgehead atoms. The second-order valence-corrected chi connectivity index (χ2v) is 8.74. The van der Waals surface area contributed by atoms with Crippen molar-refractivity contribution in [3.63, 3.8) is 0 Å². The highest BCUT2D eigenvalue weighted by atomic mass is 28.3. The van der Waals surface area contributed by atoms with E-state index in [0.29, 0.717) is 0 Å². The summed E-state index contributed by atoms with van der Waals surface area (Å²) in [7, 11) is -0.691. The second kappa shape index (κ2) is 8.31. The van der Waals surface area contributed by atoms with Crippen molar-refractivity contribution in [1.29, 1.82) is 0 Å². The Morgan fingerprint density at radius 1 is 0.636 bits per heavy atom. The minimum absolute atomic E-state index is 0. The van der Waals surface area contributed by atoms with E-state index in [1.807, 2.05) is 0 Å². The van der Waals surface area contributed by atoms with E-state index < -0.39 is 8.07 Å². The molecule has 0 aliphatic carbocycles. The molecule has 0 saturated carbocycles. The Morgan fingerprint density at radius 3 is 0.818 bits per heavy atom. The van der Waals surface area contributed by atoms with Crippen LogP contribution in [-0.2, 0) is 0 Å². The molecule has 0 aromatic rings. The van der Waals surface area contributed by atoms with Crippen molar-refractivity contribution in [2.24, 2.45) is 0 Å². The summed E-state index contributed by atoms with van der Waals surface area (Å²) in [4.78, 5) is 0. The van der Waals surface area contributed by atoms with E-state index >= 15 is 0 Å². The van der Waals surface area contributed by atoms with Gasteiger partial charge < -0.3 is 0 Å². The number of rotatable bonds is 4. The Morgan fingerprint density at radius 2 is 0.818 bits per heavy atom. The van der Waals surface area contributed by atoms with Gasteiger partial charge in [0.1, 0.15) is 0 Å². The maximum Gasteiger partial charge on any atom is 0.0524 e. The molecule has 0 aliphatic heterocycles. The molecule has 1 heteroatoms. The zero-order valence-corrected chi connectivity index (χ0v) is 8.33. The van der Waals surface area contributed by atoms with Gasteiger partial charge in [0, 0.05) is 0 Å². The first kappa shape index (κ1) is 17.3. The third-order valence-corrected chi connectivity index (χ3v) is 9.00. The smallest absolute Gasteiger partial charge is 0.0524 e. The standard InChI is InChI=1S/C8H20Si.2CH4/c1-5-9(6-2,7-3)8-4;;/h5-8H2,1-4H3;2*1H4. The highest BCUT2D eigenvalue weighted by molar-refractivity contribution is 6.79. The van der Waals surface area contributed by atoms with Crippen LogP contribution in [0.1, 0.15) is 42.5 Å². The molecule has 0 aliphatic rings. The fourth-order valence-electron chi connectivity index (χ4n) is 1.50. The van der Waals surface area contributed by atoms with Crippen LogP contribution in [0.25, 0.3) is 0 Å². The lowest BCUT2D eigenvalue weighted by Crippen LogP contribution is -2.29. The van der Waals surface area contributed by atoms with Crippen molar-refractivity contribution in [2.75, 3.05) is 0 Å². The molecule has 0 atom stereocenters. The maximum absolute atomic E-state index is 2.36. The van der Waals surface area contributed by atoms with E-state index in [-0.39, 0.29) is 14.9 Å². The van der Waals surface area contributed by atoms with E-state index in [2.05, 4.69) is 27.7 Å². The predicted molar refractivity (Wildman–Crippen MR) is 61.1 cm³/mol. The third kappa shape index (κ3) is 4.62. The summed E-state index contributed by atoms with van der Waals surface area (Å²) in [5, 5.41) is 0. The first-order valence-electron chi connectivity index (χ1n) is 4.24. The van der Waals surface area contributed by atoms with Gasteiger partial charge in [-0.05, 0) is 0 Å². The molecule has 0 N–H and O–H groups in total. The van der Waals surface area contributed by atoms with Crippen LogP contribution in [-0.4, -0.2) is 8.07 Å². The molecule has 0 spiro atoms. The van der Waals surface area contributed by atoms with Gasteiger partial charge in [0.25, 0.3) is 0 Å². The summed E-state index contributed by atoms with van der Waals surface area (Å²) in [6.45, 7) is 9.46. The van der Waals surface area contributed by atoms with Crippen molar-refractivity contribution < 1.29 is 0 Å². The Balaban J connectivity index is -0.000000320. The molecule has 0 aromatic heterocycles. The third-order valence-electron chi connectivity index (χ3n) is 3.00. The zero-order chi connectivity index (χ0) is 7.33. The Hall–Kier alpha value is 0.217. The molecule has 72 valence electrons. The van der Waals surface area contributed by atoms with Gasteiger partial charge in [0.2, 0.25) is 0 Å². The van der Waals surface area contributed by atoms with Gasteiger partial charge in [0.05, 0.1) is 8.07 Å². The van der Waals surface area contributed by atoms with Crippen LogP contribution in [0.4, 0.5) is 0 Å². The Bertz CT molecular complexity index is 47.8. The number of hydrogen-bond donors (Lipinski definition) is 0. The van der Waals surface area contributed by atoms with Crippen LogP contribution in [0.15, 0.2) is 0 Å². The first-order chi connectivity index (χ1) is 4.24. The Labute approximate surface area is 75.4 Å². The van der Waals surface area contributed by atoms with E-state index in [0.717, 1.165) is 0 Å². The fourth-order valence-corrected chi connectivity index (χ4v) is 4.50. The van der Waals surface area contributed by atoms with Crippen molar-refractivity contribution in [3.8, 4) is 0 Å². The molecule has 0 unspecified atom stereocenters. The summed E-state index contributed by atoms with van der Waals surface area (Å²) in [5.41, 5.74) is 0. The van der Waals surface area contributed by atoms with Gasteiger partial charge in [-0.25, -0.2) is 0 Å². The van der Waals surface area contributed by atoms with E-state index in [9.17, 15) is 0 Å². The van der Waals surface area contributed by atoms with Crippen LogP contribution in [0.3, 0.4) is 0 Å². The average molecular weight is 176 g/mol. The molecule has 11 heavy (non-hydrogen) atoms. The molecule has 0 heterocycles. The van der Waals surface area contributed by atoms with Crippen LogP contribution >= 0.6 is 0 Å². The molecule has 0 rings (SSSR count). The lowest BCUT2D eigenvalue weighted by molar-refractivity contribution is 1.11. The summed E-state index contributed by atoms with van der Waals surface area (Å²) in [6, 6.07) is 5.93. The maximum atomic E-state index is 2.36. The molecule has 0 fully saturated rings. The quantitative estimate of drug-likeness (QED) is 0.540. The van der Waals surface area contributed by atoms with Crippen molar-refractivity contribution in [2.45, 2.75) is 66.7 Å². The molecule has 0 amide bonds. The molecular weight excluding hydrogens is 148 g/mol. The topological polar surface area (TPSA) is 0 Å². The van der Waals surface area contributed by atoms with Crippen LogP contribution in [0, 0.1) is 0 Å². The van der Waals surface area contributed by atoms with Crippen LogP contribution in [0.5, 0.6) is 0 Å². The SMILES string of the molecule is C.C.CC[Si](CC)(CC)CC. The zero-order valence-electron chi connectivity index (χ0n) is 7.33. The summed E-state index contributed by atoms with van der Waals surface area (Å²) in [6.07, 6.45) is 0.